The molecule has 3 rings (SSSR count). The first-order valence-electron chi connectivity index (χ1n) is 13.1. The minimum atomic E-state index is -1.42. The van der Waals surface area contributed by atoms with E-state index >= 15 is 0 Å². The average molecular weight is 511 g/mol. The Morgan fingerprint density at radius 1 is 0.686 bits per heavy atom. The third-order valence-electron chi connectivity index (χ3n) is 7.92. The fraction of sp³-hybridized carbons (Fsp3) is 0.778. The maximum absolute atomic E-state index is 4.94. The third kappa shape index (κ3) is 14.4. The Hall–Kier alpha value is 0.689. The van der Waals surface area contributed by atoms with Gasteiger partial charge in [0.25, 0.3) is 16.5 Å². The van der Waals surface area contributed by atoms with Crippen LogP contribution in [0.5, 0.6) is 0 Å². The summed E-state index contributed by atoms with van der Waals surface area (Å²) in [6.45, 7) is 29.4. The number of quaternary nitrogens is 2. The van der Waals surface area contributed by atoms with E-state index in [2.05, 4.69) is 102 Å². The summed E-state index contributed by atoms with van der Waals surface area (Å²) in [7, 11) is -2.75. The van der Waals surface area contributed by atoms with E-state index in [9.17, 15) is 0 Å². The van der Waals surface area contributed by atoms with Crippen molar-refractivity contribution in [2.45, 2.75) is 110 Å². The van der Waals surface area contributed by atoms with Crippen molar-refractivity contribution in [3.05, 3.63) is 29.8 Å². The van der Waals surface area contributed by atoms with Crippen LogP contribution in [-0.4, -0.2) is 42.9 Å². The second kappa shape index (κ2) is 17.3. The number of ether oxygens (including phenoxy) is 2. The van der Waals surface area contributed by atoms with Crippen molar-refractivity contribution < 1.29 is 57.2 Å². The van der Waals surface area contributed by atoms with Gasteiger partial charge in [0.1, 0.15) is 5.69 Å². The molecule has 0 saturated carbocycles. The van der Waals surface area contributed by atoms with Crippen LogP contribution in [0.25, 0.3) is 0 Å². The summed E-state index contributed by atoms with van der Waals surface area (Å²) < 4.78 is 9.89. The molecular weight excluding hydrogens is 454 g/mol. The van der Waals surface area contributed by atoms with Crippen LogP contribution >= 0.6 is 0 Å². The van der Waals surface area contributed by atoms with E-state index in [0.29, 0.717) is 10.1 Å². The minimum Gasteiger partial charge on any atom is -0.401 e. The molecule has 0 aromatic heterocycles. The van der Waals surface area contributed by atoms with Gasteiger partial charge in [-0.2, -0.15) is 0 Å². The van der Waals surface area contributed by atoms with E-state index in [4.69, 9.17) is 9.47 Å². The molecule has 35 heavy (non-hydrogen) atoms. The summed E-state index contributed by atoms with van der Waals surface area (Å²) in [4.78, 5) is 5.26. The zero-order valence-electron chi connectivity index (χ0n) is 25.6. The molecule has 4 N–H and O–H groups in total. The van der Waals surface area contributed by atoms with Crippen molar-refractivity contribution in [3.63, 3.8) is 0 Å². The number of hydrogen-bond donors (Lipinski definition) is 2. The maximum Gasteiger partial charge on any atom is 1.00 e. The molecule has 192 valence electrons. The Morgan fingerprint density at radius 3 is 1.43 bits per heavy atom. The summed E-state index contributed by atoms with van der Waals surface area (Å²) in [5, 5.41) is 0.814. The van der Waals surface area contributed by atoms with E-state index in [0.717, 1.165) is 33.0 Å². The molecule has 0 amide bonds. The molecule has 8 heteroatoms. The summed E-state index contributed by atoms with van der Waals surface area (Å²) in [6, 6.07) is 9.02. The second-order valence-electron chi connectivity index (χ2n) is 12.8. The predicted molar refractivity (Wildman–Crippen MR) is 148 cm³/mol. The third-order valence-corrected chi connectivity index (χ3v) is 17.9. The maximum atomic E-state index is 4.94. The topological polar surface area (TPSA) is 51.7 Å². The van der Waals surface area contributed by atoms with Gasteiger partial charge in [0.2, 0.25) is 0 Å². The van der Waals surface area contributed by atoms with Crippen LogP contribution in [0, 0.1) is 0 Å². The van der Waals surface area contributed by atoms with Crippen LogP contribution in [-0.2, 0) is 16.0 Å². The largest absolute Gasteiger partial charge is 1.00 e. The van der Waals surface area contributed by atoms with Gasteiger partial charge in [-0.1, -0.05) is 53.7 Å². The van der Waals surface area contributed by atoms with Gasteiger partial charge in [0.15, 0.2) is 0 Å². The average Bonchev–Trinajstić information content (AvgIpc) is 3.43. The molecule has 1 aromatic rings. The number of hydrogen-bond acceptors (Lipinski definition) is 2. The standard InChI is InChI=1S/C19H38N2Si2.2C4H8O.2Li/c1-18(2,3)22(7,8)20-15-16-13-11-12-14-17(16)21-23(9,10)19(4,5)6;2*1-2-4-5-3-1;;/h11-14,20-21H,15H2,1-10H3;2*1-4H2;;/q;;;2*+1/p+2. The van der Waals surface area contributed by atoms with Gasteiger partial charge in [0, 0.05) is 36.5 Å². The smallest absolute Gasteiger partial charge is 0.401 e. The van der Waals surface area contributed by atoms with Crippen molar-refractivity contribution in [1.82, 2.24) is 0 Å². The number of rotatable bonds is 5. The van der Waals surface area contributed by atoms with E-state index in [1.807, 2.05) is 0 Å². The van der Waals surface area contributed by atoms with E-state index in [1.165, 1.54) is 36.9 Å². The molecule has 1 aromatic carbocycles. The van der Waals surface area contributed by atoms with Crippen LogP contribution < -0.4 is 47.7 Å². The van der Waals surface area contributed by atoms with Gasteiger partial charge in [-0.25, -0.2) is 0 Å². The Kier molecular flexibility index (Phi) is 18.7. The second-order valence-corrected chi connectivity index (χ2v) is 23.4. The molecule has 0 spiro atoms. The number of benzene rings is 1. The molecule has 0 atom stereocenters. The predicted octanol–water partition coefficient (Wildman–Crippen LogP) is -0.443. The van der Waals surface area contributed by atoms with E-state index in [1.54, 1.807) is 0 Å². The monoisotopic (exact) mass is 510 g/mol. The molecule has 2 aliphatic rings. The summed E-state index contributed by atoms with van der Waals surface area (Å²) in [6.07, 6.45) is 5.11. The molecule has 4 nitrogen and oxygen atoms in total. The first kappa shape index (κ1) is 37.8. The first-order valence-corrected chi connectivity index (χ1v) is 19.3. The summed E-state index contributed by atoms with van der Waals surface area (Å²) in [5.74, 6) is 0. The Balaban J connectivity index is 0. The van der Waals surface area contributed by atoms with Gasteiger partial charge in [-0.15, -0.1) is 0 Å². The first-order chi connectivity index (χ1) is 15.2. The van der Waals surface area contributed by atoms with Crippen molar-refractivity contribution in [1.29, 1.82) is 0 Å². The zero-order chi connectivity index (χ0) is 25.2. The molecule has 2 saturated heterocycles. The van der Waals surface area contributed by atoms with Crippen LogP contribution in [0.15, 0.2) is 24.3 Å². The molecule has 0 unspecified atom stereocenters. The van der Waals surface area contributed by atoms with Crippen LogP contribution in [0.1, 0.15) is 72.8 Å². The zero-order valence-corrected chi connectivity index (χ0v) is 27.6. The fourth-order valence-electron chi connectivity index (χ4n) is 3.16. The van der Waals surface area contributed by atoms with Crippen molar-refractivity contribution in [3.8, 4) is 0 Å². The summed E-state index contributed by atoms with van der Waals surface area (Å²) in [5.41, 5.74) is 2.97. The van der Waals surface area contributed by atoms with Crippen LogP contribution in [0.4, 0.5) is 5.69 Å². The molecule has 0 bridgehead atoms. The SMILES string of the molecule is C1CCOC1.C1CCOC1.CC(C)(C)[Si](C)(C)[NH2+]Cc1ccccc1[NH2+][Si](C)(C)C(C)(C)C.[Li+].[Li+]. The van der Waals surface area contributed by atoms with Crippen LogP contribution in [0.2, 0.25) is 36.3 Å². The van der Waals surface area contributed by atoms with Gasteiger partial charge < -0.3 is 19.4 Å². The Morgan fingerprint density at radius 2 is 1.09 bits per heavy atom. The molecule has 2 fully saturated rings. The van der Waals surface area contributed by atoms with Gasteiger partial charge in [-0.05, 0) is 64.0 Å². The molecular formula is C27H56Li2N2O2Si2+4. The van der Waals surface area contributed by atoms with E-state index < -0.39 is 16.5 Å². The Bertz CT molecular complexity index is 657. The van der Waals surface area contributed by atoms with Crippen molar-refractivity contribution in [2.24, 2.45) is 0 Å². The molecule has 0 radical (unpaired) electrons. The Labute approximate surface area is 244 Å². The molecule has 0 aliphatic carbocycles. The molecule has 2 heterocycles. The number of nitrogens with two attached hydrogens (primary N) is 2. The van der Waals surface area contributed by atoms with Gasteiger partial charge in [-0.3, -0.25) is 0 Å². The van der Waals surface area contributed by atoms with Crippen LogP contribution in [0.3, 0.4) is 0 Å². The quantitative estimate of drug-likeness (QED) is 0.417. The van der Waals surface area contributed by atoms with Crippen molar-refractivity contribution in [2.75, 3.05) is 26.4 Å². The van der Waals surface area contributed by atoms with Gasteiger partial charge >= 0.3 is 37.7 Å². The fourth-order valence-corrected chi connectivity index (χ4v) is 5.99. The minimum absolute atomic E-state index is 0. The summed E-state index contributed by atoms with van der Waals surface area (Å²) >= 11 is 0. The van der Waals surface area contributed by atoms with E-state index in [-0.39, 0.29) is 37.7 Å². The normalized spacial score (nSPS) is 16.2. The molecule has 2 aliphatic heterocycles. The van der Waals surface area contributed by atoms with Gasteiger partial charge in [0.05, 0.1) is 12.1 Å². The van der Waals surface area contributed by atoms with Crippen molar-refractivity contribution >= 4 is 22.2 Å².